The fourth-order valence-electron chi connectivity index (χ4n) is 0.917. The first-order valence-electron chi connectivity index (χ1n) is 3.71. The zero-order valence-electron chi connectivity index (χ0n) is 6.89. The van der Waals surface area contributed by atoms with Crippen molar-refractivity contribution in [1.29, 1.82) is 0 Å². The van der Waals surface area contributed by atoms with Crippen molar-refractivity contribution in [3.63, 3.8) is 0 Å². The highest BCUT2D eigenvalue weighted by Gasteiger charge is 1.96. The molecule has 1 heterocycles. The van der Waals surface area contributed by atoms with E-state index in [-0.39, 0.29) is 0 Å². The van der Waals surface area contributed by atoms with E-state index in [0.717, 1.165) is 17.9 Å². The van der Waals surface area contributed by atoms with E-state index in [2.05, 4.69) is 10.3 Å². The van der Waals surface area contributed by atoms with Crippen LogP contribution in [-0.2, 0) is 0 Å². The van der Waals surface area contributed by atoms with Crippen LogP contribution in [0.15, 0.2) is 12.1 Å². The van der Waals surface area contributed by atoms with Crippen molar-refractivity contribution in [3.05, 3.63) is 17.8 Å². The molecule has 0 bridgehead atoms. The molecule has 11 heavy (non-hydrogen) atoms. The van der Waals surface area contributed by atoms with Crippen LogP contribution in [-0.4, -0.2) is 11.5 Å². The molecule has 0 spiro atoms. The molecule has 3 N–H and O–H groups in total. The molecule has 0 aliphatic rings. The predicted octanol–water partition coefficient (Wildman–Crippen LogP) is 1.40. The van der Waals surface area contributed by atoms with Gasteiger partial charge in [0, 0.05) is 12.2 Å². The number of hydrogen-bond acceptors (Lipinski definition) is 3. The van der Waals surface area contributed by atoms with Crippen molar-refractivity contribution in [2.45, 2.75) is 13.8 Å². The molecule has 60 valence electrons. The van der Waals surface area contributed by atoms with Crippen molar-refractivity contribution in [2.24, 2.45) is 0 Å². The van der Waals surface area contributed by atoms with Gasteiger partial charge < -0.3 is 11.1 Å². The molecule has 3 nitrogen and oxygen atoms in total. The minimum absolute atomic E-state index is 0.576. The van der Waals surface area contributed by atoms with E-state index in [4.69, 9.17) is 5.73 Å². The van der Waals surface area contributed by atoms with Gasteiger partial charge in [0.25, 0.3) is 0 Å². The first-order chi connectivity index (χ1) is 5.24. The van der Waals surface area contributed by atoms with E-state index < -0.39 is 0 Å². The van der Waals surface area contributed by atoms with Crippen LogP contribution in [0.5, 0.6) is 0 Å². The topological polar surface area (TPSA) is 50.9 Å². The quantitative estimate of drug-likeness (QED) is 0.671. The van der Waals surface area contributed by atoms with Crippen molar-refractivity contribution in [2.75, 3.05) is 17.6 Å². The summed E-state index contributed by atoms with van der Waals surface area (Å²) < 4.78 is 0. The Kier molecular flexibility index (Phi) is 2.31. The van der Waals surface area contributed by atoms with Gasteiger partial charge in [-0.15, -0.1) is 0 Å². The van der Waals surface area contributed by atoms with E-state index in [0.29, 0.717) is 5.82 Å². The number of nitrogens with two attached hydrogens (primary N) is 1. The Labute approximate surface area is 66.6 Å². The third-order valence-electron chi connectivity index (χ3n) is 1.43. The van der Waals surface area contributed by atoms with Crippen LogP contribution in [0.4, 0.5) is 11.5 Å². The van der Waals surface area contributed by atoms with Crippen LogP contribution in [0, 0.1) is 6.92 Å². The minimum Gasteiger partial charge on any atom is -0.382 e. The fourth-order valence-corrected chi connectivity index (χ4v) is 0.917. The van der Waals surface area contributed by atoms with Gasteiger partial charge in [0.05, 0.1) is 5.69 Å². The van der Waals surface area contributed by atoms with Gasteiger partial charge in [0.1, 0.15) is 5.82 Å². The Morgan fingerprint density at radius 3 is 2.82 bits per heavy atom. The maximum Gasteiger partial charge on any atom is 0.147 e. The number of nitrogens with one attached hydrogen (secondary N) is 1. The summed E-state index contributed by atoms with van der Waals surface area (Å²) in [5.41, 5.74) is 7.50. The Morgan fingerprint density at radius 2 is 2.27 bits per heavy atom. The molecule has 0 saturated heterocycles. The first kappa shape index (κ1) is 7.85. The van der Waals surface area contributed by atoms with Gasteiger partial charge in [-0.1, -0.05) is 0 Å². The molecular formula is C8H13N3. The molecule has 0 fully saturated rings. The molecule has 0 saturated carbocycles. The third-order valence-corrected chi connectivity index (χ3v) is 1.43. The number of pyridine rings is 1. The van der Waals surface area contributed by atoms with Crippen molar-refractivity contribution >= 4 is 11.5 Å². The normalized spacial score (nSPS) is 9.64. The average Bonchev–Trinajstić information content (AvgIpc) is 1.95. The molecule has 3 heteroatoms. The molecule has 0 unspecified atom stereocenters. The van der Waals surface area contributed by atoms with Crippen LogP contribution in [0.2, 0.25) is 0 Å². The van der Waals surface area contributed by atoms with Gasteiger partial charge in [0.2, 0.25) is 0 Å². The highest BCUT2D eigenvalue weighted by atomic mass is 14.9. The largest absolute Gasteiger partial charge is 0.382 e. The van der Waals surface area contributed by atoms with Gasteiger partial charge in [-0.05, 0) is 26.0 Å². The highest BCUT2D eigenvalue weighted by molar-refractivity contribution is 5.61. The van der Waals surface area contributed by atoms with Crippen LogP contribution < -0.4 is 11.1 Å². The molecule has 0 amide bonds. The zero-order valence-corrected chi connectivity index (χ0v) is 6.89. The Bertz CT molecular complexity index is 245. The number of hydrogen-bond donors (Lipinski definition) is 2. The molecular weight excluding hydrogens is 138 g/mol. The summed E-state index contributed by atoms with van der Waals surface area (Å²) in [7, 11) is 0. The summed E-state index contributed by atoms with van der Waals surface area (Å²) in [5, 5.41) is 3.12. The van der Waals surface area contributed by atoms with Gasteiger partial charge in [-0.25, -0.2) is 4.98 Å². The van der Waals surface area contributed by atoms with Crippen LogP contribution in [0.3, 0.4) is 0 Å². The molecule has 0 aliphatic carbocycles. The van der Waals surface area contributed by atoms with Crippen molar-refractivity contribution < 1.29 is 0 Å². The maximum atomic E-state index is 5.63. The standard InChI is InChI=1S/C8H13N3/c1-3-10-7-5-4-6(2)11-8(7)9/h4-5,10H,3H2,1-2H3,(H2,9,11). The van der Waals surface area contributed by atoms with Gasteiger partial charge >= 0.3 is 0 Å². The summed E-state index contributed by atoms with van der Waals surface area (Å²) in [4.78, 5) is 4.11. The summed E-state index contributed by atoms with van der Waals surface area (Å²) >= 11 is 0. The Balaban J connectivity index is 2.90. The highest BCUT2D eigenvalue weighted by Crippen LogP contribution is 2.14. The lowest BCUT2D eigenvalue weighted by molar-refractivity contribution is 1.16. The Morgan fingerprint density at radius 1 is 1.55 bits per heavy atom. The maximum absolute atomic E-state index is 5.63. The monoisotopic (exact) mass is 151 g/mol. The first-order valence-corrected chi connectivity index (χ1v) is 3.71. The van der Waals surface area contributed by atoms with Gasteiger partial charge in [-0.3, -0.25) is 0 Å². The predicted molar refractivity (Wildman–Crippen MR) is 47.6 cm³/mol. The summed E-state index contributed by atoms with van der Waals surface area (Å²) in [6.07, 6.45) is 0. The van der Waals surface area contributed by atoms with Gasteiger partial charge in [-0.2, -0.15) is 0 Å². The van der Waals surface area contributed by atoms with E-state index >= 15 is 0 Å². The lowest BCUT2D eigenvalue weighted by Gasteiger charge is -2.05. The fraction of sp³-hybridized carbons (Fsp3) is 0.375. The number of aryl methyl sites for hydroxylation is 1. The third kappa shape index (κ3) is 1.83. The molecule has 0 radical (unpaired) electrons. The summed E-state index contributed by atoms with van der Waals surface area (Å²) in [5.74, 6) is 0.576. The minimum atomic E-state index is 0.576. The van der Waals surface area contributed by atoms with Gasteiger partial charge in [0.15, 0.2) is 0 Å². The van der Waals surface area contributed by atoms with E-state index in [1.54, 1.807) is 0 Å². The van der Waals surface area contributed by atoms with E-state index in [1.165, 1.54) is 0 Å². The van der Waals surface area contributed by atoms with Crippen LogP contribution >= 0.6 is 0 Å². The lowest BCUT2D eigenvalue weighted by atomic mass is 10.3. The summed E-state index contributed by atoms with van der Waals surface area (Å²) in [6, 6.07) is 3.88. The van der Waals surface area contributed by atoms with E-state index in [1.807, 2.05) is 26.0 Å². The number of aromatic nitrogens is 1. The summed E-state index contributed by atoms with van der Waals surface area (Å²) in [6.45, 7) is 4.82. The second-order valence-corrected chi connectivity index (χ2v) is 2.42. The van der Waals surface area contributed by atoms with Crippen LogP contribution in [0.1, 0.15) is 12.6 Å². The molecule has 0 aromatic carbocycles. The number of rotatable bonds is 2. The zero-order chi connectivity index (χ0) is 8.27. The lowest BCUT2D eigenvalue weighted by Crippen LogP contribution is -2.02. The van der Waals surface area contributed by atoms with Crippen molar-refractivity contribution in [3.8, 4) is 0 Å². The molecule has 0 aliphatic heterocycles. The second-order valence-electron chi connectivity index (χ2n) is 2.42. The molecule has 1 aromatic heterocycles. The SMILES string of the molecule is CCNc1ccc(C)nc1N. The van der Waals surface area contributed by atoms with E-state index in [9.17, 15) is 0 Å². The van der Waals surface area contributed by atoms with Crippen LogP contribution in [0.25, 0.3) is 0 Å². The molecule has 0 atom stereocenters. The number of nitrogens with zero attached hydrogens (tertiary/aromatic N) is 1. The average molecular weight is 151 g/mol. The molecule has 1 rings (SSSR count). The molecule has 1 aromatic rings. The number of nitrogen functional groups attached to an aromatic ring is 1. The smallest absolute Gasteiger partial charge is 0.147 e. The number of anilines is 2. The van der Waals surface area contributed by atoms with Crippen molar-refractivity contribution in [1.82, 2.24) is 4.98 Å². The second kappa shape index (κ2) is 3.23. The Hall–Kier alpha value is -1.25.